The van der Waals surface area contributed by atoms with E-state index in [4.69, 9.17) is 14.2 Å². The maximum Gasteiger partial charge on any atom is 0.341 e. The average Bonchev–Trinajstić information content (AvgIpc) is 2.93. The van der Waals surface area contributed by atoms with Crippen LogP contribution in [0.1, 0.15) is 17.3 Å². The van der Waals surface area contributed by atoms with Crippen LogP contribution in [0.15, 0.2) is 36.3 Å². The van der Waals surface area contributed by atoms with E-state index in [9.17, 15) is 9.59 Å². The molecule has 6 nitrogen and oxygen atoms in total. The van der Waals surface area contributed by atoms with Crippen LogP contribution in [0.5, 0.6) is 0 Å². The number of benzene rings is 1. The Labute approximate surface area is 136 Å². The van der Waals surface area contributed by atoms with E-state index in [1.54, 1.807) is 6.92 Å². The topological polar surface area (TPSA) is 73.9 Å². The van der Waals surface area contributed by atoms with Gasteiger partial charge in [-0.3, -0.25) is 4.79 Å². The molecule has 1 aromatic heterocycles. The predicted molar refractivity (Wildman–Crippen MR) is 86.4 cm³/mol. The first-order valence-corrected chi connectivity index (χ1v) is 7.97. The standard InChI is InChI=1S/C16H15NO5S/c1-2-21-16(19)13-10-5-3-4-6-12(10)23-15(13)17-14(18)11-9-20-7-8-22-11/h3-6,9H,2,7-8H2,1H3,(H,17,18). The van der Waals surface area contributed by atoms with Crippen LogP contribution in [0.3, 0.4) is 0 Å². The summed E-state index contributed by atoms with van der Waals surface area (Å²) in [5, 5.41) is 3.90. The number of esters is 1. The second-order valence-corrected chi connectivity index (χ2v) is 5.73. The molecule has 1 amide bonds. The number of carbonyl (C=O) groups is 2. The van der Waals surface area contributed by atoms with Gasteiger partial charge in [0.25, 0.3) is 5.91 Å². The molecule has 1 N–H and O–H groups in total. The Morgan fingerprint density at radius 3 is 2.87 bits per heavy atom. The average molecular weight is 333 g/mol. The van der Waals surface area contributed by atoms with Crippen LogP contribution in [0.2, 0.25) is 0 Å². The number of nitrogens with one attached hydrogen (secondary N) is 1. The van der Waals surface area contributed by atoms with E-state index >= 15 is 0 Å². The zero-order chi connectivity index (χ0) is 16.2. The number of thiophene rings is 1. The first-order chi connectivity index (χ1) is 11.2. The molecule has 0 fully saturated rings. The quantitative estimate of drug-likeness (QED) is 0.871. The Kier molecular flexibility index (Phi) is 4.47. The van der Waals surface area contributed by atoms with E-state index in [0.717, 1.165) is 10.1 Å². The molecule has 0 radical (unpaired) electrons. The maximum atomic E-state index is 12.3. The van der Waals surface area contributed by atoms with Crippen molar-refractivity contribution in [2.45, 2.75) is 6.92 Å². The summed E-state index contributed by atoms with van der Waals surface area (Å²) < 4.78 is 16.3. The molecule has 0 bridgehead atoms. The Balaban J connectivity index is 1.96. The number of amides is 1. The number of hydrogen-bond acceptors (Lipinski definition) is 6. The van der Waals surface area contributed by atoms with Gasteiger partial charge in [0.2, 0.25) is 5.76 Å². The minimum Gasteiger partial charge on any atom is -0.494 e. The van der Waals surface area contributed by atoms with Gasteiger partial charge in [-0.2, -0.15) is 0 Å². The fraction of sp³-hybridized carbons (Fsp3) is 0.250. The molecule has 1 aliphatic heterocycles. The molecule has 0 unspecified atom stereocenters. The molecule has 0 atom stereocenters. The lowest BCUT2D eigenvalue weighted by Crippen LogP contribution is -2.21. The summed E-state index contributed by atoms with van der Waals surface area (Å²) in [7, 11) is 0. The first kappa shape index (κ1) is 15.4. The van der Waals surface area contributed by atoms with Crippen LogP contribution in [-0.4, -0.2) is 31.7 Å². The molecule has 7 heteroatoms. The molecule has 2 aromatic rings. The predicted octanol–water partition coefficient (Wildman–Crippen LogP) is 2.90. The molecular formula is C16H15NO5S. The number of carbonyl (C=O) groups excluding carboxylic acids is 2. The van der Waals surface area contributed by atoms with Crippen molar-refractivity contribution >= 4 is 38.3 Å². The molecule has 0 saturated heterocycles. The normalized spacial score (nSPS) is 13.7. The van der Waals surface area contributed by atoms with Crippen molar-refractivity contribution in [3.8, 4) is 0 Å². The van der Waals surface area contributed by atoms with Gasteiger partial charge >= 0.3 is 5.97 Å². The van der Waals surface area contributed by atoms with Crippen LogP contribution in [0.25, 0.3) is 10.1 Å². The first-order valence-electron chi connectivity index (χ1n) is 7.15. The van der Waals surface area contributed by atoms with Gasteiger partial charge in [0.15, 0.2) is 0 Å². The molecule has 1 aromatic carbocycles. The minimum absolute atomic E-state index is 0.0866. The summed E-state index contributed by atoms with van der Waals surface area (Å²) in [6.45, 7) is 2.73. The highest BCUT2D eigenvalue weighted by Crippen LogP contribution is 2.36. The summed E-state index contributed by atoms with van der Waals surface area (Å²) in [5.41, 5.74) is 0.359. The molecule has 0 saturated carbocycles. The van der Waals surface area contributed by atoms with Crippen LogP contribution < -0.4 is 5.32 Å². The van der Waals surface area contributed by atoms with Crippen molar-refractivity contribution in [3.05, 3.63) is 41.9 Å². The number of rotatable bonds is 4. The smallest absolute Gasteiger partial charge is 0.341 e. The van der Waals surface area contributed by atoms with Crippen LogP contribution >= 0.6 is 11.3 Å². The second kappa shape index (κ2) is 6.70. The highest BCUT2D eigenvalue weighted by atomic mass is 32.1. The highest BCUT2D eigenvalue weighted by Gasteiger charge is 2.23. The van der Waals surface area contributed by atoms with Gasteiger partial charge in [-0.05, 0) is 13.0 Å². The van der Waals surface area contributed by atoms with Crippen LogP contribution in [-0.2, 0) is 19.0 Å². The lowest BCUT2D eigenvalue weighted by molar-refractivity contribution is -0.117. The SMILES string of the molecule is CCOC(=O)c1c(NC(=O)C2=COCCO2)sc2ccccc12. The molecule has 0 spiro atoms. The van der Waals surface area contributed by atoms with E-state index in [0.29, 0.717) is 23.8 Å². The molecule has 3 rings (SSSR count). The fourth-order valence-corrected chi connectivity index (χ4v) is 3.28. The van der Waals surface area contributed by atoms with E-state index in [-0.39, 0.29) is 12.4 Å². The van der Waals surface area contributed by atoms with Crippen molar-refractivity contribution in [1.29, 1.82) is 0 Å². The molecule has 1 aliphatic rings. The molecule has 2 heterocycles. The Hall–Kier alpha value is -2.54. The minimum atomic E-state index is -0.463. The number of fused-ring (bicyclic) bond motifs is 1. The molecular weight excluding hydrogens is 318 g/mol. The van der Waals surface area contributed by atoms with Crippen LogP contribution in [0, 0.1) is 0 Å². The number of anilines is 1. The lowest BCUT2D eigenvalue weighted by atomic mass is 10.1. The van der Waals surface area contributed by atoms with E-state index in [2.05, 4.69) is 5.32 Å². The van der Waals surface area contributed by atoms with E-state index < -0.39 is 11.9 Å². The molecule has 0 aliphatic carbocycles. The van der Waals surface area contributed by atoms with E-state index in [1.807, 2.05) is 24.3 Å². The third-order valence-corrected chi connectivity index (χ3v) is 4.26. The van der Waals surface area contributed by atoms with E-state index in [1.165, 1.54) is 17.6 Å². The lowest BCUT2D eigenvalue weighted by Gasteiger charge is -2.14. The summed E-state index contributed by atoms with van der Waals surface area (Å²) >= 11 is 1.31. The van der Waals surface area contributed by atoms with Gasteiger partial charge in [0.1, 0.15) is 30.0 Å². The van der Waals surface area contributed by atoms with Crippen molar-refractivity contribution in [1.82, 2.24) is 0 Å². The highest BCUT2D eigenvalue weighted by molar-refractivity contribution is 7.23. The Morgan fingerprint density at radius 2 is 2.13 bits per heavy atom. The summed E-state index contributed by atoms with van der Waals surface area (Å²) in [4.78, 5) is 24.5. The van der Waals surface area contributed by atoms with Gasteiger partial charge in [-0.1, -0.05) is 18.2 Å². The third-order valence-electron chi connectivity index (χ3n) is 3.18. The summed E-state index contributed by atoms with van der Waals surface area (Å²) in [5.74, 6) is -0.833. The number of hydrogen-bond donors (Lipinski definition) is 1. The van der Waals surface area contributed by atoms with Crippen molar-refractivity contribution in [2.75, 3.05) is 25.1 Å². The van der Waals surface area contributed by atoms with Gasteiger partial charge in [0.05, 0.1) is 6.61 Å². The summed E-state index contributed by atoms with van der Waals surface area (Å²) in [6.07, 6.45) is 1.27. The Morgan fingerprint density at radius 1 is 1.30 bits per heavy atom. The molecule has 120 valence electrons. The largest absolute Gasteiger partial charge is 0.494 e. The van der Waals surface area contributed by atoms with Gasteiger partial charge < -0.3 is 19.5 Å². The monoisotopic (exact) mass is 333 g/mol. The molecule has 23 heavy (non-hydrogen) atoms. The van der Waals surface area contributed by atoms with Gasteiger partial charge in [-0.15, -0.1) is 11.3 Å². The zero-order valence-electron chi connectivity index (χ0n) is 12.5. The van der Waals surface area contributed by atoms with Gasteiger partial charge in [-0.25, -0.2) is 4.79 Å². The maximum absolute atomic E-state index is 12.3. The van der Waals surface area contributed by atoms with Crippen molar-refractivity contribution in [3.63, 3.8) is 0 Å². The van der Waals surface area contributed by atoms with Crippen molar-refractivity contribution in [2.24, 2.45) is 0 Å². The third kappa shape index (κ3) is 3.14. The fourth-order valence-electron chi connectivity index (χ4n) is 2.19. The van der Waals surface area contributed by atoms with Crippen LogP contribution in [0.4, 0.5) is 5.00 Å². The Bertz CT molecular complexity index is 780. The zero-order valence-corrected chi connectivity index (χ0v) is 13.3. The van der Waals surface area contributed by atoms with Crippen molar-refractivity contribution < 1.29 is 23.8 Å². The second-order valence-electron chi connectivity index (χ2n) is 4.68. The number of ether oxygens (including phenoxy) is 3. The summed E-state index contributed by atoms with van der Waals surface area (Å²) in [6, 6.07) is 7.43. The van der Waals surface area contributed by atoms with Gasteiger partial charge in [0, 0.05) is 10.1 Å².